The summed E-state index contributed by atoms with van der Waals surface area (Å²) in [7, 11) is 1.51. The van der Waals surface area contributed by atoms with Gasteiger partial charge in [-0.25, -0.2) is 0 Å². The Kier molecular flexibility index (Phi) is 4.29. The minimum atomic E-state index is -0.455. The van der Waals surface area contributed by atoms with Crippen molar-refractivity contribution in [2.45, 2.75) is 62.0 Å². The highest BCUT2D eigenvalue weighted by Crippen LogP contribution is 2.45. The second-order valence-corrected chi connectivity index (χ2v) is 7.60. The molecule has 20 heavy (non-hydrogen) atoms. The van der Waals surface area contributed by atoms with Crippen LogP contribution in [0, 0.1) is 5.92 Å². The van der Waals surface area contributed by atoms with Crippen LogP contribution in [0.4, 0.5) is 0 Å². The average Bonchev–Trinajstić information content (AvgIpc) is 3.34. The van der Waals surface area contributed by atoms with Crippen LogP contribution in [0.1, 0.15) is 39.0 Å². The minimum absolute atomic E-state index is 0.0639. The van der Waals surface area contributed by atoms with Gasteiger partial charge < -0.3 is 9.47 Å². The molecule has 0 aromatic rings. The first-order valence-corrected chi connectivity index (χ1v) is 8.80. The van der Waals surface area contributed by atoms with Crippen molar-refractivity contribution in [2.24, 2.45) is 5.92 Å². The van der Waals surface area contributed by atoms with E-state index in [1.165, 1.54) is 20.0 Å². The third-order valence-corrected chi connectivity index (χ3v) is 6.36. The van der Waals surface area contributed by atoms with E-state index in [0.29, 0.717) is 23.3 Å². The zero-order chi connectivity index (χ0) is 14.2. The highest BCUT2D eigenvalue weighted by Gasteiger charge is 2.54. The molecule has 2 saturated carbocycles. The van der Waals surface area contributed by atoms with Crippen LogP contribution < -0.4 is 5.32 Å². The van der Waals surface area contributed by atoms with Crippen LogP contribution in [0.5, 0.6) is 0 Å². The van der Waals surface area contributed by atoms with Crippen molar-refractivity contribution in [2.75, 3.05) is 19.5 Å². The van der Waals surface area contributed by atoms with Gasteiger partial charge in [0.1, 0.15) is 5.54 Å². The van der Waals surface area contributed by atoms with E-state index in [1.807, 2.05) is 11.8 Å². The van der Waals surface area contributed by atoms with Gasteiger partial charge in [0.15, 0.2) is 0 Å². The molecule has 3 aliphatic rings. The van der Waals surface area contributed by atoms with E-state index in [-0.39, 0.29) is 5.97 Å². The molecule has 0 amide bonds. The molecule has 0 aromatic heterocycles. The van der Waals surface area contributed by atoms with Gasteiger partial charge in [0.05, 0.1) is 13.2 Å². The molecule has 1 saturated heterocycles. The number of rotatable bonds is 7. The molecule has 1 aliphatic heterocycles. The molecule has 4 nitrogen and oxygen atoms in total. The number of carbonyl (C=O) groups excluding carboxylic acids is 1. The number of thioether (sulfide) groups is 1. The second-order valence-electron chi connectivity index (χ2n) is 6.37. The number of hydrogen-bond donors (Lipinski definition) is 1. The Morgan fingerprint density at radius 1 is 1.35 bits per heavy atom. The first-order chi connectivity index (χ1) is 9.65. The Hall–Kier alpha value is -0.260. The van der Waals surface area contributed by atoms with Gasteiger partial charge in [0.25, 0.3) is 0 Å². The molecule has 114 valence electrons. The monoisotopic (exact) mass is 299 g/mol. The van der Waals surface area contributed by atoms with E-state index in [9.17, 15) is 4.79 Å². The first kappa shape index (κ1) is 14.7. The summed E-state index contributed by atoms with van der Waals surface area (Å²) in [6.45, 7) is 2.99. The highest BCUT2D eigenvalue weighted by molar-refractivity contribution is 8.00. The number of nitrogens with one attached hydrogen (secondary N) is 1. The molecule has 0 radical (unpaired) electrons. The van der Waals surface area contributed by atoms with Crippen LogP contribution in [0.15, 0.2) is 0 Å². The lowest BCUT2D eigenvalue weighted by Crippen LogP contribution is -2.58. The second kappa shape index (κ2) is 5.85. The fraction of sp³-hybridized carbons (Fsp3) is 0.933. The molecule has 0 bridgehead atoms. The van der Waals surface area contributed by atoms with E-state index < -0.39 is 5.54 Å². The van der Waals surface area contributed by atoms with E-state index in [1.54, 1.807) is 0 Å². The maximum atomic E-state index is 12.4. The van der Waals surface area contributed by atoms with Crippen molar-refractivity contribution in [1.29, 1.82) is 0 Å². The van der Waals surface area contributed by atoms with Gasteiger partial charge >= 0.3 is 5.97 Å². The maximum Gasteiger partial charge on any atom is 0.327 e. The van der Waals surface area contributed by atoms with Gasteiger partial charge in [-0.2, -0.15) is 11.8 Å². The highest BCUT2D eigenvalue weighted by atomic mass is 32.2. The number of carbonyl (C=O) groups is 1. The Labute approximate surface area is 125 Å². The smallest absolute Gasteiger partial charge is 0.327 e. The van der Waals surface area contributed by atoms with Crippen LogP contribution in [0.2, 0.25) is 0 Å². The van der Waals surface area contributed by atoms with Crippen LogP contribution >= 0.6 is 11.8 Å². The van der Waals surface area contributed by atoms with Crippen molar-refractivity contribution in [3.8, 4) is 0 Å². The Balaban J connectivity index is 1.68. The van der Waals surface area contributed by atoms with Crippen LogP contribution in [-0.4, -0.2) is 48.4 Å². The summed E-state index contributed by atoms with van der Waals surface area (Å²) in [5, 5.41) is 4.13. The molecule has 3 unspecified atom stereocenters. The average molecular weight is 299 g/mol. The Bertz CT molecular complexity index is 370. The molecule has 1 heterocycles. The maximum absolute atomic E-state index is 12.4. The summed E-state index contributed by atoms with van der Waals surface area (Å²) in [6, 6.07) is 0.521. The summed E-state index contributed by atoms with van der Waals surface area (Å²) in [5.74, 6) is 1.21. The number of hydrogen-bond acceptors (Lipinski definition) is 5. The molecule has 5 heteroatoms. The van der Waals surface area contributed by atoms with E-state index in [2.05, 4.69) is 12.2 Å². The fourth-order valence-electron chi connectivity index (χ4n) is 3.08. The van der Waals surface area contributed by atoms with E-state index in [0.717, 1.165) is 31.6 Å². The standard InChI is InChI=1S/C15H25NO3S/c1-10-13(7-8-19-10)20-9-15(11-3-4-11,14(17)18-2)16-12-5-6-12/h10-13,16H,3-9H2,1-2H3. The number of methoxy groups -OCH3 is 1. The predicted molar refractivity (Wildman–Crippen MR) is 79.9 cm³/mol. The van der Waals surface area contributed by atoms with Crippen molar-refractivity contribution in [3.63, 3.8) is 0 Å². The van der Waals surface area contributed by atoms with Gasteiger partial charge in [-0.1, -0.05) is 0 Å². The molecule has 0 aromatic carbocycles. The van der Waals surface area contributed by atoms with E-state index >= 15 is 0 Å². The SMILES string of the molecule is COC(=O)C(CSC1CCOC1C)(NC1CC1)C1CC1. The third-order valence-electron chi connectivity index (χ3n) is 4.69. The van der Waals surface area contributed by atoms with Crippen LogP contribution in [-0.2, 0) is 14.3 Å². The van der Waals surface area contributed by atoms with Crippen molar-refractivity contribution < 1.29 is 14.3 Å². The minimum Gasteiger partial charge on any atom is -0.468 e. The topological polar surface area (TPSA) is 47.6 Å². The van der Waals surface area contributed by atoms with Crippen LogP contribution in [0.3, 0.4) is 0 Å². The molecule has 3 rings (SSSR count). The fourth-order valence-corrected chi connectivity index (χ4v) is 4.61. The summed E-state index contributed by atoms with van der Waals surface area (Å²) in [6.07, 6.45) is 6.07. The molecule has 1 N–H and O–H groups in total. The molecular weight excluding hydrogens is 274 g/mol. The quantitative estimate of drug-likeness (QED) is 0.728. The molecule has 3 fully saturated rings. The van der Waals surface area contributed by atoms with E-state index in [4.69, 9.17) is 9.47 Å². The zero-order valence-corrected chi connectivity index (χ0v) is 13.2. The summed E-state index contributed by atoms with van der Waals surface area (Å²) >= 11 is 1.89. The molecular formula is C15H25NO3S. The zero-order valence-electron chi connectivity index (χ0n) is 12.4. The Morgan fingerprint density at radius 2 is 2.10 bits per heavy atom. The van der Waals surface area contributed by atoms with Crippen molar-refractivity contribution in [3.05, 3.63) is 0 Å². The van der Waals surface area contributed by atoms with Gasteiger partial charge in [-0.05, 0) is 44.9 Å². The van der Waals surface area contributed by atoms with Gasteiger partial charge in [0.2, 0.25) is 0 Å². The van der Waals surface area contributed by atoms with Gasteiger partial charge in [-0.15, -0.1) is 0 Å². The van der Waals surface area contributed by atoms with Crippen molar-refractivity contribution >= 4 is 17.7 Å². The van der Waals surface area contributed by atoms with Crippen LogP contribution in [0.25, 0.3) is 0 Å². The number of esters is 1. The van der Waals surface area contributed by atoms with Gasteiger partial charge in [-0.3, -0.25) is 10.1 Å². The van der Waals surface area contributed by atoms with Gasteiger partial charge in [0, 0.05) is 23.7 Å². The lowest BCUT2D eigenvalue weighted by Gasteiger charge is -2.33. The lowest BCUT2D eigenvalue weighted by molar-refractivity contribution is -0.148. The lowest BCUT2D eigenvalue weighted by atomic mass is 9.95. The largest absolute Gasteiger partial charge is 0.468 e. The van der Waals surface area contributed by atoms with Crippen molar-refractivity contribution in [1.82, 2.24) is 5.32 Å². The summed E-state index contributed by atoms with van der Waals surface area (Å²) in [5.41, 5.74) is -0.455. The summed E-state index contributed by atoms with van der Waals surface area (Å²) in [4.78, 5) is 12.4. The third kappa shape index (κ3) is 3.00. The first-order valence-electron chi connectivity index (χ1n) is 7.75. The molecule has 3 atom stereocenters. The molecule has 2 aliphatic carbocycles. The normalized spacial score (nSPS) is 32.9. The Morgan fingerprint density at radius 3 is 2.60 bits per heavy atom. The predicted octanol–water partition coefficient (Wildman–Crippen LogP) is 1.97. The molecule has 0 spiro atoms. The summed E-state index contributed by atoms with van der Waals surface area (Å²) < 4.78 is 10.8. The number of ether oxygens (including phenoxy) is 2.